The molecule has 0 unspecified atom stereocenters. The summed E-state index contributed by atoms with van der Waals surface area (Å²) < 4.78 is 0. The zero-order valence-corrected chi connectivity index (χ0v) is 6.61. The van der Waals surface area contributed by atoms with Crippen LogP contribution in [0.4, 0.5) is 0 Å². The third-order valence-electron chi connectivity index (χ3n) is 1.16. The van der Waals surface area contributed by atoms with Crippen molar-refractivity contribution in [2.75, 3.05) is 6.54 Å². The molecule has 0 bridgehead atoms. The van der Waals surface area contributed by atoms with Crippen molar-refractivity contribution < 1.29 is 4.79 Å². The van der Waals surface area contributed by atoms with E-state index in [4.69, 9.17) is 23.2 Å². The van der Waals surface area contributed by atoms with Gasteiger partial charge >= 0.3 is 0 Å². The minimum absolute atomic E-state index is 0.228. The van der Waals surface area contributed by atoms with Gasteiger partial charge in [-0.05, 0) is 18.0 Å². The first-order valence-electron chi connectivity index (χ1n) is 2.82. The molecule has 10 heavy (non-hydrogen) atoms. The monoisotopic (exact) mass is 177 g/mol. The van der Waals surface area contributed by atoms with Gasteiger partial charge < -0.3 is 0 Å². The molecule has 0 aromatic carbocycles. The fourth-order valence-electron chi connectivity index (χ4n) is 0.702. The summed E-state index contributed by atoms with van der Waals surface area (Å²) in [7, 11) is 0. The average molecular weight is 178 g/mol. The molecule has 0 aromatic heterocycles. The quantitative estimate of drug-likeness (QED) is 0.562. The maximum atomic E-state index is 10.5. The number of carbonyl (C=O) groups is 1. The van der Waals surface area contributed by atoms with Gasteiger partial charge in [0.1, 0.15) is 5.17 Å². The highest BCUT2D eigenvalue weighted by Gasteiger charge is 2.13. The molecule has 4 heteroatoms. The van der Waals surface area contributed by atoms with E-state index >= 15 is 0 Å². The average Bonchev–Trinajstić information content (AvgIpc) is 1.88. The third-order valence-corrected chi connectivity index (χ3v) is 1.69. The second kappa shape index (κ2) is 3.17. The van der Waals surface area contributed by atoms with Crippen molar-refractivity contribution in [1.29, 1.82) is 0 Å². The number of hydrogen-bond acceptors (Lipinski definition) is 2. The molecule has 0 aliphatic carbocycles. The Kier molecular flexibility index (Phi) is 2.46. The number of nitrogens with zero attached hydrogens (tertiary/aromatic N) is 1. The third kappa shape index (κ3) is 1.58. The first-order valence-corrected chi connectivity index (χ1v) is 3.57. The Bertz CT molecular complexity index is 220. The predicted molar refractivity (Wildman–Crippen MR) is 41.7 cm³/mol. The molecule has 0 N–H and O–H groups in total. The summed E-state index contributed by atoms with van der Waals surface area (Å²) in [6.45, 7) is 0.645. The molecule has 0 aromatic rings. The predicted octanol–water partition coefficient (Wildman–Crippen LogP) is 1.72. The Labute approximate surface area is 68.5 Å². The summed E-state index contributed by atoms with van der Waals surface area (Å²) in [4.78, 5) is 14.4. The Balaban J connectivity index is 2.84. The number of dihydropyridines is 1. The van der Waals surface area contributed by atoms with Gasteiger partial charge in [-0.15, -0.1) is 0 Å². The molecule has 0 amide bonds. The van der Waals surface area contributed by atoms with Crippen molar-refractivity contribution in [1.82, 2.24) is 0 Å². The van der Waals surface area contributed by atoms with E-state index in [1.165, 1.54) is 0 Å². The van der Waals surface area contributed by atoms with Crippen LogP contribution in [0.25, 0.3) is 0 Å². The van der Waals surface area contributed by atoms with Crippen LogP contribution in [-0.4, -0.2) is 17.0 Å². The topological polar surface area (TPSA) is 29.4 Å². The van der Waals surface area contributed by atoms with Gasteiger partial charge in [-0.2, -0.15) is 0 Å². The number of hydrogen-bond donors (Lipinski definition) is 0. The van der Waals surface area contributed by atoms with Gasteiger partial charge in [0.05, 0.1) is 5.57 Å². The normalized spacial score (nSPS) is 17.8. The molecule has 54 valence electrons. The Morgan fingerprint density at radius 3 is 2.80 bits per heavy atom. The van der Waals surface area contributed by atoms with Crippen molar-refractivity contribution in [3.05, 3.63) is 11.6 Å². The Morgan fingerprint density at radius 2 is 2.40 bits per heavy atom. The van der Waals surface area contributed by atoms with Gasteiger partial charge in [0, 0.05) is 6.54 Å². The molecule has 0 spiro atoms. The van der Waals surface area contributed by atoms with Gasteiger partial charge in [-0.3, -0.25) is 9.79 Å². The minimum atomic E-state index is -0.534. The summed E-state index contributed by atoms with van der Waals surface area (Å²) in [6.07, 6.45) is 2.44. The molecule has 0 fully saturated rings. The summed E-state index contributed by atoms with van der Waals surface area (Å²) in [5, 5.41) is -0.306. The molecular formula is C6H5Cl2NO. The van der Waals surface area contributed by atoms with Crippen molar-refractivity contribution in [3.63, 3.8) is 0 Å². The summed E-state index contributed by atoms with van der Waals surface area (Å²) in [5.41, 5.74) is 0.328. The number of allylic oxidation sites excluding steroid dienone is 1. The van der Waals surface area contributed by atoms with E-state index in [2.05, 4.69) is 4.99 Å². The number of halogens is 2. The molecule has 1 rings (SSSR count). The zero-order valence-electron chi connectivity index (χ0n) is 5.10. The van der Waals surface area contributed by atoms with E-state index in [0.717, 1.165) is 6.42 Å². The molecule has 0 saturated carbocycles. The molecular weight excluding hydrogens is 173 g/mol. The second-order valence-corrected chi connectivity index (χ2v) is 2.55. The minimum Gasteiger partial charge on any atom is -0.276 e. The van der Waals surface area contributed by atoms with Crippen LogP contribution in [-0.2, 0) is 4.79 Å². The fourth-order valence-corrected chi connectivity index (χ4v) is 1.16. The molecule has 2 nitrogen and oxygen atoms in total. The van der Waals surface area contributed by atoms with E-state index in [-0.39, 0.29) is 5.17 Å². The summed E-state index contributed by atoms with van der Waals surface area (Å²) in [5.74, 6) is 0. The van der Waals surface area contributed by atoms with E-state index in [1.54, 1.807) is 6.08 Å². The highest BCUT2D eigenvalue weighted by Crippen LogP contribution is 2.12. The molecule has 0 saturated heterocycles. The second-order valence-electron chi connectivity index (χ2n) is 1.85. The Hall–Kier alpha value is -0.340. The van der Waals surface area contributed by atoms with E-state index in [1.807, 2.05) is 0 Å². The lowest BCUT2D eigenvalue weighted by Gasteiger charge is -2.04. The van der Waals surface area contributed by atoms with Crippen molar-refractivity contribution >= 4 is 33.6 Å². The van der Waals surface area contributed by atoms with Gasteiger partial charge in [-0.1, -0.05) is 17.7 Å². The maximum Gasteiger partial charge on any atom is 0.255 e. The standard InChI is InChI=1S/C6H5Cl2NO/c7-5-4(6(8)10)2-1-3-9-5/h2H,1,3H2. The number of aliphatic imine (C=N–C) groups is 1. The molecule has 1 aliphatic heterocycles. The van der Waals surface area contributed by atoms with Gasteiger partial charge in [-0.25, -0.2) is 0 Å². The number of carbonyl (C=O) groups excluding carboxylic acids is 1. The van der Waals surface area contributed by atoms with Crippen molar-refractivity contribution in [2.24, 2.45) is 4.99 Å². The van der Waals surface area contributed by atoms with Gasteiger partial charge in [0.25, 0.3) is 5.24 Å². The Morgan fingerprint density at radius 1 is 1.70 bits per heavy atom. The molecule has 1 heterocycles. The van der Waals surface area contributed by atoms with Gasteiger partial charge in [0.2, 0.25) is 0 Å². The van der Waals surface area contributed by atoms with E-state index in [9.17, 15) is 4.79 Å². The highest BCUT2D eigenvalue weighted by molar-refractivity contribution is 6.80. The van der Waals surface area contributed by atoms with Crippen LogP contribution < -0.4 is 0 Å². The van der Waals surface area contributed by atoms with Crippen LogP contribution >= 0.6 is 23.2 Å². The van der Waals surface area contributed by atoms with Gasteiger partial charge in [0.15, 0.2) is 0 Å². The lowest BCUT2D eigenvalue weighted by atomic mass is 10.2. The molecule has 0 atom stereocenters. The van der Waals surface area contributed by atoms with Crippen LogP contribution in [0.15, 0.2) is 16.6 Å². The largest absolute Gasteiger partial charge is 0.276 e. The smallest absolute Gasteiger partial charge is 0.255 e. The molecule has 1 aliphatic rings. The molecule has 0 radical (unpaired) electrons. The first kappa shape index (κ1) is 7.76. The van der Waals surface area contributed by atoms with Crippen LogP contribution in [0.2, 0.25) is 0 Å². The van der Waals surface area contributed by atoms with Crippen LogP contribution in [0.1, 0.15) is 6.42 Å². The summed E-state index contributed by atoms with van der Waals surface area (Å²) in [6, 6.07) is 0. The zero-order chi connectivity index (χ0) is 7.56. The SMILES string of the molecule is O=C(Cl)C1=CCCN=C1Cl. The van der Waals surface area contributed by atoms with Crippen LogP contribution in [0.5, 0.6) is 0 Å². The van der Waals surface area contributed by atoms with E-state index in [0.29, 0.717) is 12.1 Å². The van der Waals surface area contributed by atoms with Crippen molar-refractivity contribution in [3.8, 4) is 0 Å². The lowest BCUT2D eigenvalue weighted by molar-refractivity contribution is -0.108. The van der Waals surface area contributed by atoms with Crippen LogP contribution in [0, 0.1) is 0 Å². The van der Waals surface area contributed by atoms with Crippen molar-refractivity contribution in [2.45, 2.75) is 6.42 Å². The fraction of sp³-hybridized carbons (Fsp3) is 0.333. The maximum absolute atomic E-state index is 10.5. The lowest BCUT2D eigenvalue weighted by Crippen LogP contribution is -2.07. The van der Waals surface area contributed by atoms with Crippen LogP contribution in [0.3, 0.4) is 0 Å². The first-order chi connectivity index (χ1) is 4.72. The number of rotatable bonds is 1. The highest BCUT2D eigenvalue weighted by atomic mass is 35.5. The summed E-state index contributed by atoms with van der Waals surface area (Å²) >= 11 is 10.7. The van der Waals surface area contributed by atoms with E-state index < -0.39 is 5.24 Å².